The number of hydrogen-bond acceptors (Lipinski definition) is 5. The van der Waals surface area contributed by atoms with Crippen LogP contribution in [-0.4, -0.2) is 29.1 Å². The van der Waals surface area contributed by atoms with E-state index in [2.05, 4.69) is 6.07 Å². The summed E-state index contributed by atoms with van der Waals surface area (Å²) in [5.41, 5.74) is 1.00. The summed E-state index contributed by atoms with van der Waals surface area (Å²) in [6.07, 6.45) is 2.60. The molecule has 0 fully saturated rings. The van der Waals surface area contributed by atoms with Crippen LogP contribution in [0.15, 0.2) is 69.3 Å². The molecule has 0 unspecified atom stereocenters. The molecule has 3 rings (SSSR count). The van der Waals surface area contributed by atoms with Gasteiger partial charge in [0.1, 0.15) is 11.5 Å². The number of amides is 1. The van der Waals surface area contributed by atoms with Gasteiger partial charge in [-0.1, -0.05) is 60.4 Å². The van der Waals surface area contributed by atoms with E-state index < -0.39 is 0 Å². The second-order valence-electron chi connectivity index (χ2n) is 5.85. The largest absolute Gasteiger partial charge is 0.457 e. The van der Waals surface area contributed by atoms with Gasteiger partial charge >= 0.3 is 0 Å². The van der Waals surface area contributed by atoms with Crippen molar-refractivity contribution in [2.75, 3.05) is 13.6 Å². The number of hydrogen-bond donors (Lipinski definition) is 0. The van der Waals surface area contributed by atoms with E-state index in [9.17, 15) is 4.79 Å². The lowest BCUT2D eigenvalue weighted by Gasteiger charge is -2.17. The fraction of sp³-hybridized carbons (Fsp3) is 0.143. The van der Waals surface area contributed by atoms with Crippen LogP contribution in [0, 0.1) is 0 Å². The maximum atomic E-state index is 12.8. The van der Waals surface area contributed by atoms with Crippen molar-refractivity contribution in [3.63, 3.8) is 0 Å². The van der Waals surface area contributed by atoms with Gasteiger partial charge in [-0.25, -0.2) is 0 Å². The second-order valence-corrected chi connectivity index (χ2v) is 8.32. The third kappa shape index (κ3) is 5.42. The van der Waals surface area contributed by atoms with E-state index in [0.29, 0.717) is 17.2 Å². The maximum absolute atomic E-state index is 12.8. The zero-order chi connectivity index (χ0) is 19.1. The van der Waals surface area contributed by atoms with E-state index in [1.807, 2.05) is 61.0 Å². The first-order valence-corrected chi connectivity index (χ1v) is 10.7. The molecule has 1 aromatic carbocycles. The SMILES string of the molecule is CN(CCc1cccs1)C(=O)/C(=C/c1ccc(-c2ccccc2)o1)SC=S. The number of thioether (sulfide) groups is 1. The van der Waals surface area contributed by atoms with Crippen molar-refractivity contribution in [3.05, 3.63) is 75.5 Å². The van der Waals surface area contributed by atoms with Crippen LogP contribution >= 0.6 is 35.3 Å². The molecule has 3 nitrogen and oxygen atoms in total. The molecule has 0 spiro atoms. The minimum atomic E-state index is -0.0599. The Morgan fingerprint density at radius 3 is 2.70 bits per heavy atom. The van der Waals surface area contributed by atoms with Crippen molar-refractivity contribution in [1.82, 2.24) is 4.90 Å². The Hall–Kier alpha value is -2.15. The Morgan fingerprint density at radius 2 is 2.00 bits per heavy atom. The van der Waals surface area contributed by atoms with Gasteiger partial charge in [0, 0.05) is 34.8 Å². The Bertz CT molecular complexity index is 914. The first-order valence-electron chi connectivity index (χ1n) is 8.42. The number of thiophene rings is 1. The number of nitrogens with zero attached hydrogens (tertiary/aromatic N) is 1. The topological polar surface area (TPSA) is 33.5 Å². The number of benzene rings is 1. The number of carbonyl (C=O) groups is 1. The zero-order valence-corrected chi connectivity index (χ0v) is 17.3. The van der Waals surface area contributed by atoms with E-state index in [0.717, 1.165) is 17.7 Å². The van der Waals surface area contributed by atoms with Crippen LogP contribution in [0.5, 0.6) is 0 Å². The first-order chi connectivity index (χ1) is 13.2. The highest BCUT2D eigenvalue weighted by Crippen LogP contribution is 2.26. The summed E-state index contributed by atoms with van der Waals surface area (Å²) in [5, 5.41) is 2.05. The Morgan fingerprint density at radius 1 is 1.19 bits per heavy atom. The van der Waals surface area contributed by atoms with E-state index in [4.69, 9.17) is 16.6 Å². The molecule has 0 bridgehead atoms. The van der Waals surface area contributed by atoms with Gasteiger partial charge < -0.3 is 9.32 Å². The lowest BCUT2D eigenvalue weighted by molar-refractivity contribution is -0.125. The van der Waals surface area contributed by atoms with Gasteiger partial charge in [-0.3, -0.25) is 4.79 Å². The minimum absolute atomic E-state index is 0.0599. The molecule has 6 heteroatoms. The zero-order valence-electron chi connectivity index (χ0n) is 14.8. The molecule has 2 aromatic heterocycles. The van der Waals surface area contributed by atoms with Crippen LogP contribution in [-0.2, 0) is 11.2 Å². The van der Waals surface area contributed by atoms with Crippen molar-refractivity contribution in [1.29, 1.82) is 0 Å². The molecule has 0 saturated heterocycles. The van der Waals surface area contributed by atoms with Gasteiger partial charge in [0.15, 0.2) is 0 Å². The number of rotatable bonds is 8. The predicted molar refractivity (Wildman–Crippen MR) is 119 cm³/mol. The van der Waals surface area contributed by atoms with E-state index in [1.54, 1.807) is 22.3 Å². The van der Waals surface area contributed by atoms with Crippen LogP contribution in [0.3, 0.4) is 0 Å². The average Bonchev–Trinajstić information content (AvgIpc) is 3.38. The summed E-state index contributed by atoms with van der Waals surface area (Å²) < 4.78 is 7.39. The number of likely N-dealkylation sites (N-methyl/N-ethyl adjacent to an activating group) is 1. The summed E-state index contributed by atoms with van der Waals surface area (Å²) >= 11 is 7.90. The van der Waals surface area contributed by atoms with Crippen LogP contribution in [0.1, 0.15) is 10.6 Å². The Balaban J connectivity index is 1.73. The summed E-state index contributed by atoms with van der Waals surface area (Å²) in [6, 6.07) is 17.8. The molecule has 0 aliphatic rings. The van der Waals surface area contributed by atoms with Crippen molar-refractivity contribution in [3.8, 4) is 11.3 Å². The molecule has 3 aromatic rings. The molecule has 0 saturated carbocycles. The molecule has 0 N–H and O–H groups in total. The maximum Gasteiger partial charge on any atom is 0.260 e. The average molecular weight is 414 g/mol. The van der Waals surface area contributed by atoms with Gasteiger partial charge in [0.05, 0.1) is 4.91 Å². The van der Waals surface area contributed by atoms with Crippen LogP contribution in [0.2, 0.25) is 0 Å². The number of thiocarbonyl (C=S) groups is 1. The lowest BCUT2D eigenvalue weighted by Crippen LogP contribution is -2.29. The summed E-state index contributed by atoms with van der Waals surface area (Å²) in [5.74, 6) is 1.34. The third-order valence-corrected chi connectivity index (χ3v) is 5.83. The number of furan rings is 1. The van der Waals surface area contributed by atoms with Gasteiger partial charge in [-0.05, 0) is 30.0 Å². The van der Waals surface area contributed by atoms with Crippen molar-refractivity contribution in [2.45, 2.75) is 6.42 Å². The smallest absolute Gasteiger partial charge is 0.260 e. The molecule has 0 aliphatic carbocycles. The summed E-state index contributed by atoms with van der Waals surface area (Å²) in [6.45, 7) is 0.655. The lowest BCUT2D eigenvalue weighted by atomic mass is 10.2. The standard InChI is InChI=1S/C21H19NO2S3/c1-22(12-11-18-8-5-13-26-18)21(23)20(27-15-25)14-17-9-10-19(24-17)16-6-3-2-4-7-16/h2-10,13-15H,11-12H2,1H3/b20-14-. The van der Waals surface area contributed by atoms with Crippen LogP contribution in [0.25, 0.3) is 17.4 Å². The fourth-order valence-corrected chi connectivity index (χ4v) is 4.09. The van der Waals surface area contributed by atoms with Crippen LogP contribution < -0.4 is 0 Å². The highest BCUT2D eigenvalue weighted by molar-refractivity contribution is 8.24. The van der Waals surface area contributed by atoms with Crippen LogP contribution in [0.4, 0.5) is 0 Å². The molecular formula is C21H19NO2S3. The molecule has 27 heavy (non-hydrogen) atoms. The molecule has 0 atom stereocenters. The van der Waals surface area contributed by atoms with Crippen molar-refractivity contribution in [2.24, 2.45) is 0 Å². The van der Waals surface area contributed by atoms with E-state index in [-0.39, 0.29) is 5.91 Å². The fourth-order valence-electron chi connectivity index (χ4n) is 2.54. The third-order valence-electron chi connectivity index (χ3n) is 3.96. The molecular weight excluding hydrogens is 394 g/mol. The highest BCUT2D eigenvalue weighted by Gasteiger charge is 2.16. The predicted octanol–water partition coefficient (Wildman–Crippen LogP) is 5.74. The van der Waals surface area contributed by atoms with E-state index in [1.165, 1.54) is 21.3 Å². The molecule has 138 valence electrons. The van der Waals surface area contributed by atoms with Gasteiger partial charge in [0.2, 0.25) is 0 Å². The minimum Gasteiger partial charge on any atom is -0.457 e. The Labute approximate surface area is 172 Å². The van der Waals surface area contributed by atoms with Crippen molar-refractivity contribution >= 4 is 52.0 Å². The molecule has 0 radical (unpaired) electrons. The quantitative estimate of drug-likeness (QED) is 0.348. The van der Waals surface area contributed by atoms with Gasteiger partial charge in [-0.2, -0.15) is 0 Å². The highest BCUT2D eigenvalue weighted by atomic mass is 32.2. The first kappa shape index (κ1) is 19.6. The molecule has 2 heterocycles. The molecule has 0 aliphatic heterocycles. The molecule has 1 amide bonds. The normalized spacial score (nSPS) is 11.4. The monoisotopic (exact) mass is 413 g/mol. The van der Waals surface area contributed by atoms with Crippen molar-refractivity contribution < 1.29 is 9.21 Å². The summed E-state index contributed by atoms with van der Waals surface area (Å²) in [4.78, 5) is 16.3. The van der Waals surface area contributed by atoms with Gasteiger partial charge in [0.25, 0.3) is 5.91 Å². The number of carbonyl (C=O) groups excluding carboxylic acids is 1. The second kappa shape index (κ2) is 9.69. The summed E-state index contributed by atoms with van der Waals surface area (Å²) in [7, 11) is 1.81. The Kier molecular flexibility index (Phi) is 7.04. The van der Waals surface area contributed by atoms with E-state index >= 15 is 0 Å². The van der Waals surface area contributed by atoms with Gasteiger partial charge in [-0.15, -0.1) is 11.3 Å².